The zero-order chi connectivity index (χ0) is 21.7. The number of ether oxygens (including phenoxy) is 2. The van der Waals surface area contributed by atoms with Crippen LogP contribution < -0.4 is 10.1 Å². The number of nitrogens with zero attached hydrogens (tertiary/aromatic N) is 1. The molecule has 0 spiro atoms. The molecule has 3 rings (SSSR count). The highest BCUT2D eigenvalue weighted by molar-refractivity contribution is 14.1. The summed E-state index contributed by atoms with van der Waals surface area (Å²) < 4.78 is 12.0. The van der Waals surface area contributed by atoms with Crippen LogP contribution in [-0.2, 0) is 20.9 Å². The summed E-state index contributed by atoms with van der Waals surface area (Å²) in [5, 5.41) is 2.63. The Labute approximate surface area is 201 Å². The van der Waals surface area contributed by atoms with Crippen molar-refractivity contribution in [3.8, 4) is 5.75 Å². The molecule has 1 heterocycles. The summed E-state index contributed by atoms with van der Waals surface area (Å²) in [6.45, 7) is 2.06. The number of urea groups is 1. The maximum Gasteiger partial charge on any atom is 0.344 e. The second kappa shape index (κ2) is 10.2. The standard InChI is InChI=1S/C21H18I2N2O5/c1-2-29-18(26)12-30-19-15(22)8-14(9-16(19)23)10-17-20(27)25(21(28)24-17)11-13-6-4-3-5-7-13/h3-10H,2,11-12H2,1H3,(H,24,28)/b17-10+. The van der Waals surface area contributed by atoms with Crippen LogP contribution in [0.2, 0.25) is 0 Å². The van der Waals surface area contributed by atoms with Gasteiger partial charge in [0.2, 0.25) is 0 Å². The molecule has 3 amide bonds. The zero-order valence-corrected chi connectivity index (χ0v) is 20.3. The molecule has 156 valence electrons. The molecule has 0 unspecified atom stereocenters. The van der Waals surface area contributed by atoms with Crippen molar-refractivity contribution in [2.24, 2.45) is 0 Å². The van der Waals surface area contributed by atoms with E-state index in [-0.39, 0.29) is 24.8 Å². The lowest BCUT2D eigenvalue weighted by molar-refractivity contribution is -0.145. The highest BCUT2D eigenvalue weighted by Crippen LogP contribution is 2.30. The van der Waals surface area contributed by atoms with Crippen LogP contribution in [0.5, 0.6) is 5.75 Å². The average Bonchev–Trinajstić information content (AvgIpc) is 2.96. The normalized spacial score (nSPS) is 14.8. The van der Waals surface area contributed by atoms with Crippen LogP contribution in [0.15, 0.2) is 48.2 Å². The maximum absolute atomic E-state index is 12.7. The average molecular weight is 632 g/mol. The van der Waals surface area contributed by atoms with Crippen LogP contribution >= 0.6 is 45.2 Å². The van der Waals surface area contributed by atoms with E-state index in [2.05, 4.69) is 50.5 Å². The third-order valence-corrected chi connectivity index (χ3v) is 5.72. The fourth-order valence-electron chi connectivity index (χ4n) is 2.78. The fraction of sp³-hybridized carbons (Fsp3) is 0.190. The third-order valence-electron chi connectivity index (χ3n) is 4.12. The molecule has 1 saturated heterocycles. The molecule has 9 heteroatoms. The highest BCUT2D eigenvalue weighted by Gasteiger charge is 2.33. The number of imide groups is 1. The molecule has 0 radical (unpaired) electrons. The number of rotatable bonds is 7. The number of carbonyl (C=O) groups excluding carboxylic acids is 3. The minimum absolute atomic E-state index is 0.177. The number of halogens is 2. The van der Waals surface area contributed by atoms with Gasteiger partial charge in [0.1, 0.15) is 11.4 Å². The van der Waals surface area contributed by atoms with E-state index in [1.807, 2.05) is 42.5 Å². The Morgan fingerprint density at radius 3 is 2.43 bits per heavy atom. The van der Waals surface area contributed by atoms with E-state index >= 15 is 0 Å². The van der Waals surface area contributed by atoms with Crippen molar-refractivity contribution in [3.05, 3.63) is 66.4 Å². The number of amides is 3. The Balaban J connectivity index is 1.75. The minimum Gasteiger partial charge on any atom is -0.480 e. The molecule has 1 aliphatic rings. The van der Waals surface area contributed by atoms with Crippen molar-refractivity contribution < 1.29 is 23.9 Å². The number of esters is 1. The van der Waals surface area contributed by atoms with Crippen LogP contribution in [-0.4, -0.2) is 36.0 Å². The van der Waals surface area contributed by atoms with E-state index in [4.69, 9.17) is 9.47 Å². The van der Waals surface area contributed by atoms with Gasteiger partial charge in [-0.05, 0) is 81.4 Å². The molecule has 1 aliphatic heterocycles. The van der Waals surface area contributed by atoms with Crippen molar-refractivity contribution in [1.82, 2.24) is 10.2 Å². The summed E-state index contributed by atoms with van der Waals surface area (Å²) in [4.78, 5) is 37.7. The van der Waals surface area contributed by atoms with Crippen molar-refractivity contribution in [3.63, 3.8) is 0 Å². The number of carbonyl (C=O) groups is 3. The van der Waals surface area contributed by atoms with Crippen molar-refractivity contribution in [1.29, 1.82) is 0 Å². The lowest BCUT2D eigenvalue weighted by Crippen LogP contribution is -2.30. The molecule has 0 atom stereocenters. The molecule has 7 nitrogen and oxygen atoms in total. The first-order valence-electron chi connectivity index (χ1n) is 9.05. The SMILES string of the molecule is CCOC(=O)COc1c(I)cc(/C=C2/NC(=O)N(Cc3ccccc3)C2=O)cc1I. The van der Waals surface area contributed by atoms with Gasteiger partial charge in [0, 0.05) is 0 Å². The monoisotopic (exact) mass is 632 g/mol. The molecule has 0 aromatic heterocycles. The lowest BCUT2D eigenvalue weighted by Gasteiger charge is -2.12. The van der Waals surface area contributed by atoms with E-state index in [1.165, 1.54) is 4.90 Å². The molecule has 1 N–H and O–H groups in total. The number of benzene rings is 2. The Bertz CT molecular complexity index is 985. The maximum atomic E-state index is 12.7. The molecule has 0 saturated carbocycles. The first-order valence-corrected chi connectivity index (χ1v) is 11.2. The summed E-state index contributed by atoms with van der Waals surface area (Å²) >= 11 is 4.20. The quantitative estimate of drug-likeness (QED) is 0.217. The van der Waals surface area contributed by atoms with Gasteiger partial charge in [0.25, 0.3) is 5.91 Å². The number of hydrogen-bond acceptors (Lipinski definition) is 5. The first kappa shape index (κ1) is 22.5. The smallest absolute Gasteiger partial charge is 0.344 e. The predicted octanol–water partition coefficient (Wildman–Crippen LogP) is 3.93. The van der Waals surface area contributed by atoms with Gasteiger partial charge >= 0.3 is 12.0 Å². The highest BCUT2D eigenvalue weighted by atomic mass is 127. The number of hydrogen-bond donors (Lipinski definition) is 1. The molecule has 2 aromatic rings. The van der Waals surface area contributed by atoms with E-state index in [1.54, 1.807) is 13.0 Å². The van der Waals surface area contributed by atoms with Crippen molar-refractivity contribution in [2.75, 3.05) is 13.2 Å². The van der Waals surface area contributed by atoms with Gasteiger partial charge in [-0.1, -0.05) is 30.3 Å². The van der Waals surface area contributed by atoms with Gasteiger partial charge in [-0.25, -0.2) is 9.59 Å². The van der Waals surface area contributed by atoms with Gasteiger partial charge in [0.05, 0.1) is 20.3 Å². The molecule has 2 aromatic carbocycles. The Morgan fingerprint density at radius 1 is 1.13 bits per heavy atom. The zero-order valence-electron chi connectivity index (χ0n) is 16.0. The fourth-order valence-corrected chi connectivity index (χ4v) is 4.91. The summed E-state index contributed by atoms with van der Waals surface area (Å²) in [5.74, 6) is -0.247. The summed E-state index contributed by atoms with van der Waals surface area (Å²) in [6, 6.07) is 12.5. The van der Waals surface area contributed by atoms with Gasteiger partial charge in [0.15, 0.2) is 6.61 Å². The third kappa shape index (κ3) is 5.50. The second-order valence-electron chi connectivity index (χ2n) is 6.27. The molecule has 0 aliphatic carbocycles. The molecular weight excluding hydrogens is 614 g/mol. The predicted molar refractivity (Wildman–Crippen MR) is 128 cm³/mol. The summed E-state index contributed by atoms with van der Waals surface area (Å²) in [7, 11) is 0. The largest absolute Gasteiger partial charge is 0.480 e. The first-order chi connectivity index (χ1) is 14.4. The summed E-state index contributed by atoms with van der Waals surface area (Å²) in [6.07, 6.45) is 1.63. The second-order valence-corrected chi connectivity index (χ2v) is 8.60. The van der Waals surface area contributed by atoms with Crippen LogP contribution in [0.4, 0.5) is 4.79 Å². The minimum atomic E-state index is -0.450. The van der Waals surface area contributed by atoms with Crippen LogP contribution in [0, 0.1) is 7.14 Å². The lowest BCUT2D eigenvalue weighted by atomic mass is 10.1. The molecular formula is C21H18I2N2O5. The Hall–Kier alpha value is -2.15. The Morgan fingerprint density at radius 2 is 1.80 bits per heavy atom. The van der Waals surface area contributed by atoms with E-state index in [9.17, 15) is 14.4 Å². The molecule has 30 heavy (non-hydrogen) atoms. The molecule has 1 fully saturated rings. The van der Waals surface area contributed by atoms with Crippen molar-refractivity contribution >= 4 is 69.2 Å². The van der Waals surface area contributed by atoms with E-state index in [0.717, 1.165) is 18.3 Å². The van der Waals surface area contributed by atoms with Gasteiger partial charge in [-0.15, -0.1) is 0 Å². The Kier molecular flexibility index (Phi) is 7.69. The van der Waals surface area contributed by atoms with E-state index < -0.39 is 12.0 Å². The topological polar surface area (TPSA) is 84.9 Å². The van der Waals surface area contributed by atoms with Gasteiger partial charge in [-0.3, -0.25) is 9.69 Å². The van der Waals surface area contributed by atoms with E-state index in [0.29, 0.717) is 12.4 Å². The van der Waals surface area contributed by atoms with Crippen LogP contribution in [0.1, 0.15) is 18.1 Å². The molecule has 0 bridgehead atoms. The van der Waals surface area contributed by atoms with Gasteiger partial charge in [-0.2, -0.15) is 0 Å². The van der Waals surface area contributed by atoms with Crippen molar-refractivity contribution in [2.45, 2.75) is 13.5 Å². The van der Waals surface area contributed by atoms with Crippen LogP contribution in [0.3, 0.4) is 0 Å². The number of nitrogens with one attached hydrogen (secondary N) is 1. The summed E-state index contributed by atoms with van der Waals surface area (Å²) in [5.41, 5.74) is 1.81. The van der Waals surface area contributed by atoms with Gasteiger partial charge < -0.3 is 14.8 Å². The van der Waals surface area contributed by atoms with Crippen LogP contribution in [0.25, 0.3) is 6.08 Å².